The van der Waals surface area contributed by atoms with Gasteiger partial charge in [-0.2, -0.15) is 0 Å². The van der Waals surface area contributed by atoms with Crippen LogP contribution < -0.4 is 4.74 Å². The highest BCUT2D eigenvalue weighted by atomic mass is 16.5. The molecule has 22 heavy (non-hydrogen) atoms. The van der Waals surface area contributed by atoms with E-state index in [2.05, 4.69) is 0 Å². The summed E-state index contributed by atoms with van der Waals surface area (Å²) in [6.07, 6.45) is 0.141. The van der Waals surface area contributed by atoms with E-state index in [4.69, 9.17) is 4.74 Å². The maximum atomic E-state index is 12.7. The van der Waals surface area contributed by atoms with Gasteiger partial charge in [0.15, 0.2) is 5.78 Å². The third kappa shape index (κ3) is 2.26. The molecule has 0 bridgehead atoms. The smallest absolute Gasteiger partial charge is 0.314 e. The molecule has 4 heteroatoms. The van der Waals surface area contributed by atoms with Crippen LogP contribution in [-0.4, -0.2) is 23.0 Å². The van der Waals surface area contributed by atoms with Gasteiger partial charge in [0.05, 0.1) is 5.56 Å². The lowest BCUT2D eigenvalue weighted by Gasteiger charge is -2.12. The number of hydrogen-bond acceptors (Lipinski definition) is 3. The van der Waals surface area contributed by atoms with Crippen LogP contribution in [0.15, 0.2) is 48.5 Å². The summed E-state index contributed by atoms with van der Waals surface area (Å²) in [4.78, 5) is 24.2. The van der Waals surface area contributed by atoms with E-state index in [9.17, 15) is 14.7 Å². The second-order valence-electron chi connectivity index (χ2n) is 5.30. The van der Waals surface area contributed by atoms with E-state index in [1.807, 2.05) is 13.0 Å². The first-order valence-electron chi connectivity index (χ1n) is 7.25. The first-order valence-corrected chi connectivity index (χ1v) is 7.25. The lowest BCUT2D eigenvalue weighted by atomic mass is 9.91. The minimum atomic E-state index is -0.921. The summed E-state index contributed by atoms with van der Waals surface area (Å²) in [5.74, 6) is -1.38. The van der Waals surface area contributed by atoms with Crippen molar-refractivity contribution in [3.8, 4) is 5.75 Å². The Kier molecular flexibility index (Phi) is 3.67. The van der Waals surface area contributed by atoms with Crippen molar-refractivity contribution < 1.29 is 19.4 Å². The molecule has 1 aliphatic heterocycles. The van der Waals surface area contributed by atoms with Gasteiger partial charge in [-0.1, -0.05) is 49.4 Å². The Hall–Kier alpha value is -2.62. The van der Waals surface area contributed by atoms with Gasteiger partial charge in [-0.25, -0.2) is 0 Å². The average Bonchev–Trinajstić information content (AvgIpc) is 2.93. The fourth-order valence-corrected chi connectivity index (χ4v) is 2.89. The molecular formula is C18H16O4. The Morgan fingerprint density at radius 2 is 1.82 bits per heavy atom. The number of rotatable bonds is 4. The minimum Gasteiger partial charge on any atom is -0.488 e. The van der Waals surface area contributed by atoms with Crippen molar-refractivity contribution in [3.63, 3.8) is 0 Å². The van der Waals surface area contributed by atoms with Crippen molar-refractivity contribution in [2.24, 2.45) is 0 Å². The van der Waals surface area contributed by atoms with Crippen molar-refractivity contribution in [1.82, 2.24) is 0 Å². The Balaban J connectivity index is 2.07. The summed E-state index contributed by atoms with van der Waals surface area (Å²) < 4.78 is 5.80. The third-order valence-electron chi connectivity index (χ3n) is 3.97. The van der Waals surface area contributed by atoms with Gasteiger partial charge >= 0.3 is 5.97 Å². The fourth-order valence-electron chi connectivity index (χ4n) is 2.89. The summed E-state index contributed by atoms with van der Waals surface area (Å²) in [6.45, 7) is 1.88. The van der Waals surface area contributed by atoms with Crippen LogP contribution in [0, 0.1) is 0 Å². The van der Waals surface area contributed by atoms with E-state index in [0.29, 0.717) is 28.9 Å². The van der Waals surface area contributed by atoms with Crippen molar-refractivity contribution in [1.29, 1.82) is 0 Å². The maximum absolute atomic E-state index is 12.7. The highest BCUT2D eigenvalue weighted by Gasteiger charge is 2.40. The van der Waals surface area contributed by atoms with E-state index in [1.165, 1.54) is 0 Å². The Morgan fingerprint density at radius 1 is 1.09 bits per heavy atom. The molecule has 3 rings (SSSR count). The van der Waals surface area contributed by atoms with Crippen LogP contribution in [-0.2, 0) is 4.79 Å². The fraction of sp³-hybridized carbons (Fsp3) is 0.222. The van der Waals surface area contributed by atoms with Gasteiger partial charge in [-0.3, -0.25) is 9.59 Å². The largest absolute Gasteiger partial charge is 0.488 e. The molecule has 1 heterocycles. The van der Waals surface area contributed by atoms with Crippen LogP contribution in [0.2, 0.25) is 0 Å². The number of hydrogen-bond donors (Lipinski definition) is 1. The van der Waals surface area contributed by atoms with Crippen molar-refractivity contribution in [2.45, 2.75) is 25.4 Å². The molecule has 1 N–H and O–H groups in total. The normalized spacial score (nSPS) is 19.3. The van der Waals surface area contributed by atoms with Crippen molar-refractivity contribution in [2.75, 3.05) is 0 Å². The second kappa shape index (κ2) is 5.64. The van der Waals surface area contributed by atoms with Crippen LogP contribution in [0.4, 0.5) is 0 Å². The van der Waals surface area contributed by atoms with E-state index in [-0.39, 0.29) is 5.78 Å². The molecular weight excluding hydrogens is 280 g/mol. The number of benzene rings is 2. The number of para-hydroxylation sites is 1. The summed E-state index contributed by atoms with van der Waals surface area (Å²) in [5.41, 5.74) is 1.57. The van der Waals surface area contributed by atoms with Gasteiger partial charge in [0.1, 0.15) is 17.8 Å². The van der Waals surface area contributed by atoms with Gasteiger partial charge in [0.25, 0.3) is 0 Å². The van der Waals surface area contributed by atoms with E-state index >= 15 is 0 Å². The summed E-state index contributed by atoms with van der Waals surface area (Å²) >= 11 is 0. The number of ether oxygens (including phenoxy) is 1. The Labute approximate surface area is 128 Å². The first kappa shape index (κ1) is 14.3. The quantitative estimate of drug-likeness (QED) is 0.880. The SMILES string of the molecule is CCC1Oc2c(C(=O)c3ccccc3)cccc2C1C(=O)O. The number of fused-ring (bicyclic) bond motifs is 1. The first-order chi connectivity index (χ1) is 10.6. The molecule has 2 atom stereocenters. The van der Waals surface area contributed by atoms with Crippen LogP contribution in [0.1, 0.15) is 40.7 Å². The molecule has 0 radical (unpaired) electrons. The molecule has 2 aromatic carbocycles. The number of ketones is 1. The summed E-state index contributed by atoms with van der Waals surface area (Å²) in [6, 6.07) is 14.0. The van der Waals surface area contributed by atoms with Crippen LogP contribution in [0.5, 0.6) is 5.75 Å². The molecule has 0 saturated heterocycles. The van der Waals surface area contributed by atoms with Crippen LogP contribution in [0.3, 0.4) is 0 Å². The van der Waals surface area contributed by atoms with Crippen LogP contribution in [0.25, 0.3) is 0 Å². The molecule has 1 aliphatic rings. The molecule has 0 fully saturated rings. The van der Waals surface area contributed by atoms with Gasteiger partial charge in [-0.05, 0) is 12.5 Å². The third-order valence-corrected chi connectivity index (χ3v) is 3.97. The molecule has 0 amide bonds. The van der Waals surface area contributed by atoms with Crippen LogP contribution >= 0.6 is 0 Å². The zero-order valence-corrected chi connectivity index (χ0v) is 12.2. The number of carboxylic acid groups (broad SMARTS) is 1. The van der Waals surface area contributed by atoms with E-state index < -0.39 is 18.0 Å². The highest BCUT2D eigenvalue weighted by molar-refractivity contribution is 6.11. The van der Waals surface area contributed by atoms with Gasteiger partial charge in [0.2, 0.25) is 0 Å². The lowest BCUT2D eigenvalue weighted by Crippen LogP contribution is -2.24. The monoisotopic (exact) mass is 296 g/mol. The number of aliphatic carboxylic acids is 1. The summed E-state index contributed by atoms with van der Waals surface area (Å²) in [5, 5.41) is 9.44. The predicted molar refractivity (Wildman–Crippen MR) is 81.4 cm³/mol. The van der Waals surface area contributed by atoms with Crippen molar-refractivity contribution >= 4 is 11.8 Å². The van der Waals surface area contributed by atoms with Gasteiger partial charge < -0.3 is 9.84 Å². The topological polar surface area (TPSA) is 63.6 Å². The van der Waals surface area contributed by atoms with Gasteiger partial charge in [-0.15, -0.1) is 0 Å². The molecule has 4 nitrogen and oxygen atoms in total. The number of carbonyl (C=O) groups excluding carboxylic acids is 1. The maximum Gasteiger partial charge on any atom is 0.314 e. The lowest BCUT2D eigenvalue weighted by molar-refractivity contribution is -0.140. The minimum absolute atomic E-state index is 0.154. The molecule has 2 unspecified atom stereocenters. The highest BCUT2D eigenvalue weighted by Crippen LogP contribution is 2.42. The standard InChI is InChI=1S/C18H16O4/c1-2-14-15(18(20)21)12-9-6-10-13(17(12)22-14)16(19)11-7-4-3-5-8-11/h3-10,14-15H,2H2,1H3,(H,20,21). The molecule has 112 valence electrons. The van der Waals surface area contributed by atoms with Crippen molar-refractivity contribution in [3.05, 3.63) is 65.2 Å². The molecule has 0 aromatic heterocycles. The number of carboxylic acids is 1. The van der Waals surface area contributed by atoms with Gasteiger partial charge in [0, 0.05) is 11.1 Å². The molecule has 2 aromatic rings. The molecule has 0 spiro atoms. The average molecular weight is 296 g/mol. The second-order valence-corrected chi connectivity index (χ2v) is 5.30. The molecule has 0 aliphatic carbocycles. The summed E-state index contributed by atoms with van der Waals surface area (Å²) in [7, 11) is 0. The number of carbonyl (C=O) groups is 2. The molecule has 0 saturated carbocycles. The Bertz CT molecular complexity index is 721. The zero-order chi connectivity index (χ0) is 15.7. The Morgan fingerprint density at radius 3 is 2.45 bits per heavy atom. The predicted octanol–water partition coefficient (Wildman–Crippen LogP) is 3.26. The van der Waals surface area contributed by atoms with E-state index in [1.54, 1.807) is 42.5 Å². The van der Waals surface area contributed by atoms with E-state index in [0.717, 1.165) is 0 Å². The zero-order valence-electron chi connectivity index (χ0n) is 12.2.